The van der Waals surface area contributed by atoms with Gasteiger partial charge in [0.1, 0.15) is 0 Å². The largest absolute Gasteiger partial charge is 0.459 e. The third kappa shape index (κ3) is 3.30. The first-order chi connectivity index (χ1) is 3.31. The Balaban J connectivity index is 3.52. The Morgan fingerprint density at radius 2 is 2.43 bits per heavy atom. The summed E-state index contributed by atoms with van der Waals surface area (Å²) in [6.45, 7) is 0. The summed E-state index contributed by atoms with van der Waals surface area (Å²) >= 11 is 1.21. The van der Waals surface area contributed by atoms with E-state index < -0.39 is 5.97 Å². The molecule has 0 aromatic heterocycles. The molecule has 3 heteroatoms. The van der Waals surface area contributed by atoms with Crippen molar-refractivity contribution in [3.8, 4) is 5.18 Å². The molecule has 0 fully saturated rings. The smallest absolute Gasteiger partial charge is 0.386 e. The van der Waals surface area contributed by atoms with Crippen molar-refractivity contribution in [1.82, 2.24) is 0 Å². The molecule has 0 saturated heterocycles. The van der Waals surface area contributed by atoms with Gasteiger partial charge in [0.2, 0.25) is 0 Å². The van der Waals surface area contributed by atoms with Crippen molar-refractivity contribution in [3.63, 3.8) is 0 Å². The average Bonchev–Trinajstić information content (AvgIpc) is 1.68. The highest BCUT2D eigenvalue weighted by molar-refractivity contribution is 7.88. The molecular weight excluding hydrogens is 112 g/mol. The van der Waals surface area contributed by atoms with E-state index in [9.17, 15) is 4.79 Å². The molecule has 0 aromatic carbocycles. The number of esters is 1. The molecule has 0 N–H and O–H groups in total. The van der Waals surface area contributed by atoms with Crippen LogP contribution in [-0.2, 0) is 9.53 Å². The van der Waals surface area contributed by atoms with Gasteiger partial charge in [0.05, 0.1) is 7.11 Å². The molecule has 0 aromatic rings. The molecule has 0 spiro atoms. The van der Waals surface area contributed by atoms with Crippen LogP contribution in [0, 0.1) is 5.18 Å². The van der Waals surface area contributed by atoms with Gasteiger partial charge in [-0.2, -0.15) is 0 Å². The van der Waals surface area contributed by atoms with Gasteiger partial charge in [-0.25, -0.2) is 4.79 Å². The molecular formula is C4H6O2S. The van der Waals surface area contributed by atoms with E-state index in [2.05, 4.69) is 9.92 Å². The van der Waals surface area contributed by atoms with E-state index >= 15 is 0 Å². The topological polar surface area (TPSA) is 26.3 Å². The molecule has 0 saturated carbocycles. The molecule has 0 atom stereocenters. The van der Waals surface area contributed by atoms with Crippen LogP contribution in [0.25, 0.3) is 0 Å². The van der Waals surface area contributed by atoms with Crippen LogP contribution in [0.3, 0.4) is 0 Å². The second kappa shape index (κ2) is 3.65. The fourth-order valence-electron chi connectivity index (χ4n) is 0.125. The zero-order valence-electron chi connectivity index (χ0n) is 4.22. The van der Waals surface area contributed by atoms with Gasteiger partial charge < -0.3 is 4.74 Å². The highest BCUT2D eigenvalue weighted by atomic mass is 32.1. The molecule has 40 valence electrons. The van der Waals surface area contributed by atoms with Gasteiger partial charge in [-0.05, 0) is 0 Å². The van der Waals surface area contributed by atoms with Gasteiger partial charge in [-0.1, -0.05) is 0 Å². The van der Waals surface area contributed by atoms with E-state index in [0.717, 1.165) is 0 Å². The minimum Gasteiger partial charge on any atom is -0.459 e. The Morgan fingerprint density at radius 3 is 2.57 bits per heavy atom. The maximum absolute atomic E-state index is 10.1. The van der Waals surface area contributed by atoms with Crippen molar-refractivity contribution in [1.29, 1.82) is 0 Å². The van der Waals surface area contributed by atoms with Gasteiger partial charge in [-0.3, -0.25) is 0 Å². The van der Waals surface area contributed by atoms with Crippen molar-refractivity contribution >= 4 is 17.1 Å². The molecule has 0 radical (unpaired) electrons. The number of carbonyl (C=O) groups is 1. The van der Waals surface area contributed by atoms with Crippen LogP contribution >= 0.6 is 11.2 Å². The Hall–Kier alpha value is -0.530. The quantitative estimate of drug-likeness (QED) is 0.432. The summed E-state index contributed by atoms with van der Waals surface area (Å²) in [5.74, 6) is -0.410. The fraction of sp³-hybridized carbons (Fsp3) is 0.500. The number of hydrogen-bond donors (Lipinski definition) is 0. The molecule has 0 aliphatic carbocycles. The maximum atomic E-state index is 10.1. The number of methoxy groups -OCH3 is 1. The van der Waals surface area contributed by atoms with Crippen molar-refractivity contribution in [2.24, 2.45) is 0 Å². The van der Waals surface area contributed by atoms with Crippen LogP contribution in [0.15, 0.2) is 0 Å². The molecule has 0 rings (SSSR count). The lowest BCUT2D eigenvalue weighted by atomic mass is 10.8. The minimum absolute atomic E-state index is 0.410. The van der Waals surface area contributed by atoms with E-state index in [1.165, 1.54) is 18.3 Å². The molecule has 0 aliphatic rings. The zero-order chi connectivity index (χ0) is 5.70. The number of hydrogen-bond acceptors (Lipinski definition) is 2. The SMILES string of the molecule is COC(=O)C#SC. The van der Waals surface area contributed by atoms with Crippen LogP contribution < -0.4 is 0 Å². The summed E-state index contributed by atoms with van der Waals surface area (Å²) in [7, 11) is 1.32. The Kier molecular flexibility index (Phi) is 3.38. The first kappa shape index (κ1) is 6.47. The Labute approximate surface area is 46.1 Å². The highest BCUT2D eigenvalue weighted by Crippen LogP contribution is 1.71. The predicted octanol–water partition coefficient (Wildman–Crippen LogP) is 0.482. The maximum Gasteiger partial charge on any atom is 0.386 e. The van der Waals surface area contributed by atoms with E-state index in [1.807, 2.05) is 0 Å². The summed E-state index contributed by atoms with van der Waals surface area (Å²) in [6, 6.07) is 0. The van der Waals surface area contributed by atoms with Gasteiger partial charge in [0.15, 0.2) is 0 Å². The normalized spacial score (nSPS) is 6.57. The molecule has 2 nitrogen and oxygen atoms in total. The monoisotopic (exact) mass is 118 g/mol. The highest BCUT2D eigenvalue weighted by Gasteiger charge is 1.84. The zero-order valence-corrected chi connectivity index (χ0v) is 5.04. The van der Waals surface area contributed by atoms with Crippen molar-refractivity contribution in [2.75, 3.05) is 13.4 Å². The van der Waals surface area contributed by atoms with Gasteiger partial charge in [0, 0.05) is 11.4 Å². The van der Waals surface area contributed by atoms with E-state index in [1.54, 1.807) is 6.26 Å². The minimum atomic E-state index is -0.410. The third-order valence-corrected chi connectivity index (χ3v) is 0.742. The molecule has 0 heterocycles. The summed E-state index contributed by atoms with van der Waals surface area (Å²) in [5, 5.41) is 2.35. The summed E-state index contributed by atoms with van der Waals surface area (Å²) in [6.07, 6.45) is 1.75. The van der Waals surface area contributed by atoms with Crippen molar-refractivity contribution in [2.45, 2.75) is 0 Å². The molecule has 7 heavy (non-hydrogen) atoms. The third-order valence-electron chi connectivity index (χ3n) is 0.371. The summed E-state index contributed by atoms with van der Waals surface area (Å²) in [4.78, 5) is 10.1. The number of carbonyl (C=O) groups excluding carboxylic acids is 1. The standard InChI is InChI=1S/C4H6O2S/c1-6-4(5)3-7-2/h1-2H3. The van der Waals surface area contributed by atoms with Gasteiger partial charge in [0.25, 0.3) is 0 Å². The lowest BCUT2D eigenvalue weighted by Gasteiger charge is -1.81. The van der Waals surface area contributed by atoms with Crippen LogP contribution in [0.2, 0.25) is 0 Å². The molecule has 0 bridgehead atoms. The molecule has 0 unspecified atom stereocenters. The Bertz CT molecular complexity index is 119. The fourth-order valence-corrected chi connectivity index (χ4v) is 0.375. The Morgan fingerprint density at radius 1 is 1.86 bits per heavy atom. The van der Waals surface area contributed by atoms with Gasteiger partial charge in [-0.15, -0.1) is 11.2 Å². The first-order valence-corrected chi connectivity index (χ1v) is 2.90. The number of ether oxygens (including phenoxy) is 1. The lowest BCUT2D eigenvalue weighted by molar-refractivity contribution is -0.133. The van der Waals surface area contributed by atoms with Crippen molar-refractivity contribution < 1.29 is 9.53 Å². The van der Waals surface area contributed by atoms with Crippen LogP contribution in [0.1, 0.15) is 0 Å². The van der Waals surface area contributed by atoms with Gasteiger partial charge >= 0.3 is 5.97 Å². The summed E-state index contributed by atoms with van der Waals surface area (Å²) < 4.78 is 4.22. The van der Waals surface area contributed by atoms with Crippen LogP contribution in [-0.4, -0.2) is 19.3 Å². The van der Waals surface area contributed by atoms with Crippen LogP contribution in [0.5, 0.6) is 0 Å². The van der Waals surface area contributed by atoms with E-state index in [-0.39, 0.29) is 0 Å². The van der Waals surface area contributed by atoms with Crippen molar-refractivity contribution in [3.05, 3.63) is 0 Å². The number of rotatable bonds is 0. The molecule has 0 aliphatic heterocycles. The predicted molar refractivity (Wildman–Crippen MR) is 29.4 cm³/mol. The second-order valence-corrected chi connectivity index (χ2v) is 1.41. The first-order valence-electron chi connectivity index (χ1n) is 1.68. The average molecular weight is 118 g/mol. The molecule has 0 amide bonds. The van der Waals surface area contributed by atoms with E-state index in [4.69, 9.17) is 0 Å². The van der Waals surface area contributed by atoms with E-state index in [0.29, 0.717) is 0 Å². The van der Waals surface area contributed by atoms with Crippen LogP contribution in [0.4, 0.5) is 0 Å². The lowest BCUT2D eigenvalue weighted by Crippen LogP contribution is -1.92. The second-order valence-electron chi connectivity index (χ2n) is 0.798. The summed E-state index contributed by atoms with van der Waals surface area (Å²) in [5.41, 5.74) is 0.